The second-order valence-corrected chi connectivity index (χ2v) is 6.85. The van der Waals surface area contributed by atoms with E-state index in [0.29, 0.717) is 27.4 Å². The first-order valence-electron chi connectivity index (χ1n) is 5.88. The highest BCUT2D eigenvalue weighted by Gasteiger charge is 2.20. The Morgan fingerprint density at radius 1 is 1.50 bits per heavy atom. The summed E-state index contributed by atoms with van der Waals surface area (Å²) in [5, 5.41) is 1.61. The molecule has 2 rings (SSSR count). The van der Waals surface area contributed by atoms with Crippen LogP contribution in [0.2, 0.25) is 10.0 Å². The maximum Gasteiger partial charge on any atom is 0.178 e. The number of halogens is 2. The Bertz CT molecular complexity index is 453. The van der Waals surface area contributed by atoms with Crippen LogP contribution in [0.3, 0.4) is 0 Å². The fraction of sp³-hybridized carbons (Fsp3) is 0.462. The average Bonchev–Trinajstić information content (AvgIpc) is 2.32. The van der Waals surface area contributed by atoms with E-state index >= 15 is 0 Å². The molecule has 2 nitrogen and oxygen atoms in total. The predicted molar refractivity (Wildman–Crippen MR) is 79.2 cm³/mol. The van der Waals surface area contributed by atoms with Gasteiger partial charge < -0.3 is 0 Å². The highest BCUT2D eigenvalue weighted by atomic mass is 35.5. The van der Waals surface area contributed by atoms with Gasteiger partial charge in [0.25, 0.3) is 0 Å². The van der Waals surface area contributed by atoms with Gasteiger partial charge >= 0.3 is 0 Å². The van der Waals surface area contributed by atoms with Crippen LogP contribution >= 0.6 is 35.0 Å². The van der Waals surface area contributed by atoms with Gasteiger partial charge in [-0.1, -0.05) is 30.1 Å². The fourth-order valence-electron chi connectivity index (χ4n) is 2.03. The van der Waals surface area contributed by atoms with Crippen molar-refractivity contribution in [3.63, 3.8) is 0 Å². The van der Waals surface area contributed by atoms with Crippen LogP contribution in [0, 0.1) is 0 Å². The maximum absolute atomic E-state index is 12.2. The number of carbonyl (C=O) groups is 1. The van der Waals surface area contributed by atoms with Crippen molar-refractivity contribution in [2.75, 3.05) is 25.4 Å². The summed E-state index contributed by atoms with van der Waals surface area (Å²) in [6.45, 7) is 4.52. The van der Waals surface area contributed by atoms with Crippen molar-refractivity contribution in [1.82, 2.24) is 4.90 Å². The highest BCUT2D eigenvalue weighted by molar-refractivity contribution is 7.99. The van der Waals surface area contributed by atoms with E-state index < -0.39 is 0 Å². The predicted octanol–water partition coefficient (Wildman–Crippen LogP) is 3.61. The summed E-state index contributed by atoms with van der Waals surface area (Å²) < 4.78 is 0. The molecule has 1 heterocycles. The monoisotopic (exact) mass is 303 g/mol. The maximum atomic E-state index is 12.2. The lowest BCUT2D eigenvalue weighted by Crippen LogP contribution is -2.39. The Balaban J connectivity index is 2.05. The van der Waals surface area contributed by atoms with Crippen LogP contribution < -0.4 is 0 Å². The van der Waals surface area contributed by atoms with Crippen LogP contribution in [0.25, 0.3) is 0 Å². The molecule has 1 aliphatic rings. The van der Waals surface area contributed by atoms with Gasteiger partial charge in [0.2, 0.25) is 0 Å². The topological polar surface area (TPSA) is 20.3 Å². The number of nitrogens with zero attached hydrogens (tertiary/aromatic N) is 1. The van der Waals surface area contributed by atoms with Gasteiger partial charge in [-0.05, 0) is 18.2 Å². The van der Waals surface area contributed by atoms with Crippen molar-refractivity contribution in [3.05, 3.63) is 33.8 Å². The molecule has 0 radical (unpaired) electrons. The molecule has 1 aromatic rings. The molecule has 1 aliphatic heterocycles. The van der Waals surface area contributed by atoms with Gasteiger partial charge in [-0.25, -0.2) is 0 Å². The molecule has 0 aliphatic carbocycles. The molecule has 5 heteroatoms. The molecule has 0 amide bonds. The normalized spacial score (nSPS) is 20.9. The van der Waals surface area contributed by atoms with E-state index in [2.05, 4.69) is 11.8 Å². The Morgan fingerprint density at radius 3 is 3.00 bits per heavy atom. The van der Waals surface area contributed by atoms with Crippen molar-refractivity contribution in [3.8, 4) is 0 Å². The minimum absolute atomic E-state index is 0.0431. The smallest absolute Gasteiger partial charge is 0.178 e. The molecule has 18 heavy (non-hydrogen) atoms. The van der Waals surface area contributed by atoms with E-state index in [0.717, 1.165) is 18.8 Å². The average molecular weight is 304 g/mol. The molecule has 0 aromatic heterocycles. The minimum Gasteiger partial charge on any atom is -0.294 e. The van der Waals surface area contributed by atoms with Crippen molar-refractivity contribution < 1.29 is 4.79 Å². The van der Waals surface area contributed by atoms with Gasteiger partial charge in [-0.3, -0.25) is 9.69 Å². The third kappa shape index (κ3) is 3.64. The van der Waals surface area contributed by atoms with Crippen LogP contribution in [0.4, 0.5) is 0 Å². The van der Waals surface area contributed by atoms with E-state index in [4.69, 9.17) is 23.2 Å². The number of hydrogen-bond donors (Lipinski definition) is 0. The molecular formula is C13H15Cl2NOS. The van der Waals surface area contributed by atoms with Crippen molar-refractivity contribution in [2.24, 2.45) is 0 Å². The Labute approximate surface area is 122 Å². The molecule has 1 atom stereocenters. The Morgan fingerprint density at radius 2 is 2.28 bits per heavy atom. The minimum atomic E-state index is 0.0431. The summed E-state index contributed by atoms with van der Waals surface area (Å²) in [6, 6.07) is 5.01. The van der Waals surface area contributed by atoms with E-state index in [-0.39, 0.29) is 5.78 Å². The molecule has 0 spiro atoms. The van der Waals surface area contributed by atoms with E-state index in [1.807, 2.05) is 11.8 Å². The number of ketones is 1. The van der Waals surface area contributed by atoms with Gasteiger partial charge in [-0.2, -0.15) is 11.8 Å². The molecule has 0 saturated carbocycles. The highest BCUT2D eigenvalue weighted by Crippen LogP contribution is 2.22. The molecule has 98 valence electrons. The fourth-order valence-corrected chi connectivity index (χ4v) is 3.51. The standard InChI is InChI=1S/C13H15Cl2NOS/c1-9-7-16(4-5-18-9)8-13(17)11-6-10(14)2-3-12(11)15/h2-3,6,9H,4-5,7-8H2,1H3. The van der Waals surface area contributed by atoms with E-state index in [1.54, 1.807) is 18.2 Å². The molecule has 1 aromatic carbocycles. The first-order valence-corrected chi connectivity index (χ1v) is 7.69. The van der Waals surface area contributed by atoms with Crippen molar-refractivity contribution >= 4 is 40.7 Å². The third-order valence-corrected chi connectivity index (χ3v) is 4.62. The first-order chi connectivity index (χ1) is 8.56. The van der Waals surface area contributed by atoms with Gasteiger partial charge in [-0.15, -0.1) is 0 Å². The van der Waals surface area contributed by atoms with Gasteiger partial charge in [0.05, 0.1) is 11.6 Å². The number of thioether (sulfide) groups is 1. The summed E-state index contributed by atoms with van der Waals surface area (Å²) in [4.78, 5) is 14.4. The zero-order valence-corrected chi connectivity index (χ0v) is 12.5. The van der Waals surface area contributed by atoms with Gasteiger partial charge in [0.1, 0.15) is 0 Å². The number of carbonyl (C=O) groups excluding carboxylic acids is 1. The number of rotatable bonds is 3. The molecule has 0 N–H and O–H groups in total. The Kier molecular flexibility index (Phi) is 4.96. The third-order valence-electron chi connectivity index (χ3n) is 2.92. The molecule has 1 saturated heterocycles. The summed E-state index contributed by atoms with van der Waals surface area (Å²) >= 11 is 13.9. The molecule has 0 bridgehead atoms. The quantitative estimate of drug-likeness (QED) is 0.796. The van der Waals surface area contributed by atoms with Crippen molar-refractivity contribution in [1.29, 1.82) is 0 Å². The first kappa shape index (κ1) is 14.2. The molecule has 1 unspecified atom stereocenters. The summed E-state index contributed by atoms with van der Waals surface area (Å²) in [6.07, 6.45) is 0. The second-order valence-electron chi connectivity index (χ2n) is 4.46. The lowest BCUT2D eigenvalue weighted by Gasteiger charge is -2.29. The molecular weight excluding hydrogens is 289 g/mol. The van der Waals surface area contributed by atoms with E-state index in [9.17, 15) is 4.79 Å². The summed E-state index contributed by atoms with van der Waals surface area (Å²) in [5.74, 6) is 1.12. The van der Waals surface area contributed by atoms with Crippen LogP contribution in [0.15, 0.2) is 18.2 Å². The van der Waals surface area contributed by atoms with Crippen LogP contribution in [0.1, 0.15) is 17.3 Å². The Hall–Kier alpha value is -0.220. The van der Waals surface area contributed by atoms with Crippen LogP contribution in [0.5, 0.6) is 0 Å². The number of Topliss-reactive ketones (excluding diaryl/α,β-unsaturated/α-hetero) is 1. The number of benzene rings is 1. The van der Waals surface area contributed by atoms with Gasteiger partial charge in [0.15, 0.2) is 5.78 Å². The lowest BCUT2D eigenvalue weighted by molar-refractivity contribution is 0.0934. The van der Waals surface area contributed by atoms with Crippen molar-refractivity contribution in [2.45, 2.75) is 12.2 Å². The zero-order valence-electron chi connectivity index (χ0n) is 10.2. The van der Waals surface area contributed by atoms with Gasteiger partial charge in [0, 0.05) is 34.7 Å². The van der Waals surface area contributed by atoms with Crippen LogP contribution in [-0.2, 0) is 0 Å². The van der Waals surface area contributed by atoms with Crippen LogP contribution in [-0.4, -0.2) is 41.3 Å². The summed E-state index contributed by atoms with van der Waals surface area (Å²) in [5.41, 5.74) is 0.523. The number of hydrogen-bond acceptors (Lipinski definition) is 3. The SMILES string of the molecule is CC1CN(CC(=O)c2cc(Cl)ccc2Cl)CCS1. The largest absolute Gasteiger partial charge is 0.294 e. The summed E-state index contributed by atoms with van der Waals surface area (Å²) in [7, 11) is 0. The molecule has 1 fully saturated rings. The zero-order chi connectivity index (χ0) is 13.1. The lowest BCUT2D eigenvalue weighted by atomic mass is 10.1. The van der Waals surface area contributed by atoms with E-state index in [1.165, 1.54) is 0 Å². The second kappa shape index (κ2) is 6.29.